The van der Waals surface area contributed by atoms with Crippen molar-refractivity contribution in [1.82, 2.24) is 0 Å². The third-order valence-corrected chi connectivity index (χ3v) is 3.24. The molecule has 0 unspecified atom stereocenters. The van der Waals surface area contributed by atoms with Crippen LogP contribution in [0.25, 0.3) is 0 Å². The number of benzene rings is 2. The first-order valence-corrected chi connectivity index (χ1v) is 6.66. The topological polar surface area (TPSA) is 79.9 Å². The summed E-state index contributed by atoms with van der Waals surface area (Å²) in [6.45, 7) is 0.604. The van der Waals surface area contributed by atoms with Gasteiger partial charge in [0.05, 0.1) is 12.8 Å². The van der Waals surface area contributed by atoms with Crippen LogP contribution in [0.5, 0.6) is 5.75 Å². The van der Waals surface area contributed by atoms with Crippen molar-refractivity contribution in [3.63, 3.8) is 0 Å². The van der Waals surface area contributed by atoms with Gasteiger partial charge in [-0.1, -0.05) is 41.0 Å². The van der Waals surface area contributed by atoms with Crippen molar-refractivity contribution in [2.24, 2.45) is 10.9 Å². The molecule has 2 rings (SSSR count). The molecular weight excluding hydrogens is 290 g/mol. The number of nitrogens with one attached hydrogen (secondary N) is 1. The summed E-state index contributed by atoms with van der Waals surface area (Å²) in [5, 5.41) is 15.5. The Balaban J connectivity index is 2.08. The third kappa shape index (κ3) is 3.79. The lowest BCUT2D eigenvalue weighted by molar-refractivity contribution is 0.318. The predicted molar refractivity (Wildman–Crippen MR) is 84.3 cm³/mol. The lowest BCUT2D eigenvalue weighted by Crippen LogP contribution is -2.13. The van der Waals surface area contributed by atoms with Crippen LogP contribution in [0.4, 0.5) is 5.69 Å². The summed E-state index contributed by atoms with van der Waals surface area (Å²) in [5.41, 5.74) is 8.06. The second-order valence-corrected chi connectivity index (χ2v) is 4.82. The van der Waals surface area contributed by atoms with Gasteiger partial charge >= 0.3 is 0 Å². The number of ether oxygens (including phenoxy) is 1. The SMILES string of the molecule is COc1ccc(Cl)cc1NCc1ccc(C(N)=NO)cc1. The van der Waals surface area contributed by atoms with E-state index in [9.17, 15) is 0 Å². The average Bonchev–Trinajstić information content (AvgIpc) is 2.52. The molecule has 2 aromatic carbocycles. The number of nitrogens with zero attached hydrogens (tertiary/aromatic N) is 1. The minimum atomic E-state index is 0.0889. The highest BCUT2D eigenvalue weighted by Crippen LogP contribution is 2.28. The summed E-state index contributed by atoms with van der Waals surface area (Å²) < 4.78 is 5.27. The molecule has 5 nitrogen and oxygen atoms in total. The second kappa shape index (κ2) is 6.85. The number of halogens is 1. The Hall–Kier alpha value is -2.40. The molecule has 2 aromatic rings. The monoisotopic (exact) mass is 305 g/mol. The van der Waals surface area contributed by atoms with Crippen LogP contribution in [-0.4, -0.2) is 18.2 Å². The van der Waals surface area contributed by atoms with Crippen LogP contribution in [0, 0.1) is 0 Å². The molecule has 0 aliphatic rings. The normalized spacial score (nSPS) is 11.2. The number of anilines is 1. The van der Waals surface area contributed by atoms with Gasteiger partial charge in [-0.3, -0.25) is 0 Å². The Labute approximate surface area is 128 Å². The molecule has 0 radical (unpaired) electrons. The summed E-state index contributed by atoms with van der Waals surface area (Å²) in [6.07, 6.45) is 0. The van der Waals surface area contributed by atoms with E-state index >= 15 is 0 Å². The molecule has 0 saturated carbocycles. The molecule has 21 heavy (non-hydrogen) atoms. The minimum absolute atomic E-state index is 0.0889. The molecule has 0 aliphatic carbocycles. The van der Waals surface area contributed by atoms with Crippen molar-refractivity contribution in [3.8, 4) is 5.75 Å². The van der Waals surface area contributed by atoms with Gasteiger partial charge in [0, 0.05) is 17.1 Å². The third-order valence-electron chi connectivity index (χ3n) is 3.00. The summed E-state index contributed by atoms with van der Waals surface area (Å²) in [6, 6.07) is 12.8. The fourth-order valence-electron chi connectivity index (χ4n) is 1.87. The van der Waals surface area contributed by atoms with E-state index in [0.29, 0.717) is 17.1 Å². The molecule has 0 saturated heterocycles. The van der Waals surface area contributed by atoms with Gasteiger partial charge in [0.15, 0.2) is 5.84 Å². The number of hydrogen-bond acceptors (Lipinski definition) is 4. The summed E-state index contributed by atoms with van der Waals surface area (Å²) in [7, 11) is 1.61. The minimum Gasteiger partial charge on any atom is -0.495 e. The fraction of sp³-hybridized carbons (Fsp3) is 0.133. The van der Waals surface area contributed by atoms with Crippen LogP contribution in [-0.2, 0) is 6.54 Å². The second-order valence-electron chi connectivity index (χ2n) is 4.38. The number of rotatable bonds is 5. The van der Waals surface area contributed by atoms with E-state index in [-0.39, 0.29) is 5.84 Å². The first-order chi connectivity index (χ1) is 10.1. The molecule has 0 aromatic heterocycles. The van der Waals surface area contributed by atoms with Gasteiger partial charge in [-0.25, -0.2) is 0 Å². The van der Waals surface area contributed by atoms with Crippen LogP contribution < -0.4 is 15.8 Å². The Morgan fingerprint density at radius 1 is 1.29 bits per heavy atom. The van der Waals surface area contributed by atoms with E-state index in [1.165, 1.54) is 0 Å². The van der Waals surface area contributed by atoms with Gasteiger partial charge < -0.3 is 21.0 Å². The molecule has 6 heteroatoms. The zero-order chi connectivity index (χ0) is 15.2. The maximum atomic E-state index is 8.62. The van der Waals surface area contributed by atoms with Crippen LogP contribution in [0.1, 0.15) is 11.1 Å². The van der Waals surface area contributed by atoms with E-state index in [4.69, 9.17) is 27.3 Å². The van der Waals surface area contributed by atoms with Crippen molar-refractivity contribution in [2.75, 3.05) is 12.4 Å². The van der Waals surface area contributed by atoms with E-state index in [0.717, 1.165) is 17.0 Å². The van der Waals surface area contributed by atoms with Crippen LogP contribution in [0.3, 0.4) is 0 Å². The summed E-state index contributed by atoms with van der Waals surface area (Å²) >= 11 is 5.98. The standard InChI is InChI=1S/C15H16ClN3O2/c1-21-14-7-6-12(16)8-13(14)18-9-10-2-4-11(5-3-10)15(17)19-20/h2-8,18,20H,9H2,1H3,(H2,17,19). The maximum absolute atomic E-state index is 8.62. The van der Waals surface area contributed by atoms with E-state index in [2.05, 4.69) is 10.5 Å². The highest BCUT2D eigenvalue weighted by molar-refractivity contribution is 6.30. The number of hydrogen-bond donors (Lipinski definition) is 3. The zero-order valence-electron chi connectivity index (χ0n) is 11.5. The molecule has 0 atom stereocenters. The van der Waals surface area contributed by atoms with Crippen molar-refractivity contribution < 1.29 is 9.94 Å². The number of amidine groups is 1. The molecule has 4 N–H and O–H groups in total. The van der Waals surface area contributed by atoms with Gasteiger partial charge in [-0.05, 0) is 23.8 Å². The quantitative estimate of drug-likeness (QED) is 0.343. The summed E-state index contributed by atoms with van der Waals surface area (Å²) in [5.74, 6) is 0.818. The Bertz CT molecular complexity index is 642. The zero-order valence-corrected chi connectivity index (χ0v) is 12.3. The van der Waals surface area contributed by atoms with Gasteiger partial charge in [0.25, 0.3) is 0 Å². The number of methoxy groups -OCH3 is 1. The number of oxime groups is 1. The first-order valence-electron chi connectivity index (χ1n) is 6.28. The van der Waals surface area contributed by atoms with Gasteiger partial charge in [-0.2, -0.15) is 0 Å². The highest BCUT2D eigenvalue weighted by Gasteiger charge is 2.04. The molecule has 0 amide bonds. The average molecular weight is 306 g/mol. The van der Waals surface area contributed by atoms with Crippen molar-refractivity contribution in [3.05, 3.63) is 58.6 Å². The van der Waals surface area contributed by atoms with Crippen LogP contribution >= 0.6 is 11.6 Å². The first kappa shape index (κ1) is 15.0. The van der Waals surface area contributed by atoms with Crippen molar-refractivity contribution in [1.29, 1.82) is 0 Å². The molecule has 0 fully saturated rings. The van der Waals surface area contributed by atoms with E-state index < -0.39 is 0 Å². The molecule has 0 heterocycles. The van der Waals surface area contributed by atoms with Crippen LogP contribution in [0.2, 0.25) is 5.02 Å². The van der Waals surface area contributed by atoms with E-state index in [1.807, 2.05) is 24.3 Å². The predicted octanol–water partition coefficient (Wildman–Crippen LogP) is 3.06. The maximum Gasteiger partial charge on any atom is 0.170 e. The van der Waals surface area contributed by atoms with Gasteiger partial charge in [0.1, 0.15) is 5.75 Å². The fourth-order valence-corrected chi connectivity index (χ4v) is 2.04. The Morgan fingerprint density at radius 2 is 2.00 bits per heavy atom. The lowest BCUT2D eigenvalue weighted by atomic mass is 10.1. The molecule has 0 aliphatic heterocycles. The largest absolute Gasteiger partial charge is 0.495 e. The highest BCUT2D eigenvalue weighted by atomic mass is 35.5. The molecular formula is C15H16ClN3O2. The molecule has 110 valence electrons. The Morgan fingerprint density at radius 3 is 2.62 bits per heavy atom. The van der Waals surface area contributed by atoms with Gasteiger partial charge in [0.2, 0.25) is 0 Å². The smallest absolute Gasteiger partial charge is 0.170 e. The van der Waals surface area contributed by atoms with Crippen molar-refractivity contribution >= 4 is 23.1 Å². The lowest BCUT2D eigenvalue weighted by Gasteiger charge is -2.12. The Kier molecular flexibility index (Phi) is 4.90. The van der Waals surface area contributed by atoms with Gasteiger partial charge in [-0.15, -0.1) is 0 Å². The van der Waals surface area contributed by atoms with Crippen molar-refractivity contribution in [2.45, 2.75) is 6.54 Å². The molecule has 0 spiro atoms. The number of nitrogens with two attached hydrogens (primary N) is 1. The van der Waals surface area contributed by atoms with Crippen LogP contribution in [0.15, 0.2) is 47.6 Å². The molecule has 0 bridgehead atoms. The van der Waals surface area contributed by atoms with E-state index in [1.54, 1.807) is 25.3 Å². The summed E-state index contributed by atoms with van der Waals surface area (Å²) in [4.78, 5) is 0.